The van der Waals surface area contributed by atoms with E-state index in [0.29, 0.717) is 0 Å². The summed E-state index contributed by atoms with van der Waals surface area (Å²) in [4.78, 5) is 22.9. The first kappa shape index (κ1) is 21.2. The van der Waals surface area contributed by atoms with Crippen molar-refractivity contribution in [3.05, 3.63) is 67.1 Å². The summed E-state index contributed by atoms with van der Waals surface area (Å²) in [5.74, 6) is -0.00869. The van der Waals surface area contributed by atoms with E-state index in [1.165, 1.54) is 5.69 Å². The smallest absolute Gasteiger partial charge is 0.223 e. The molecule has 33 heavy (non-hydrogen) atoms. The third-order valence-electron chi connectivity index (χ3n) is 6.50. The number of hydrogen-bond donors (Lipinski definition) is 0. The van der Waals surface area contributed by atoms with Crippen LogP contribution < -0.4 is 9.80 Å². The minimum absolute atomic E-state index is 0.00869. The van der Waals surface area contributed by atoms with Crippen LogP contribution >= 0.6 is 0 Å². The monoisotopic (exact) mass is 440 g/mol. The van der Waals surface area contributed by atoms with Gasteiger partial charge >= 0.3 is 0 Å². The Bertz CT molecular complexity index is 1290. The number of hydrogen-bond acceptors (Lipinski definition) is 5. The third kappa shape index (κ3) is 4.22. The standard InChI is InChI=1S/C27H28N4O2/c1-19(32)30(3)24-6-4-5-21(15-24)25-18-33-26-16-22(17-28-27(25)26)20-7-9-23(10-8-20)31-13-11-29(2)12-14-31/h4-10,15-18H,11-14H2,1-3H3. The Labute approximate surface area is 194 Å². The van der Waals surface area contributed by atoms with Gasteiger partial charge in [0, 0.05) is 68.8 Å². The maximum Gasteiger partial charge on any atom is 0.223 e. The Kier molecular flexibility index (Phi) is 5.60. The van der Waals surface area contributed by atoms with E-state index >= 15 is 0 Å². The van der Waals surface area contributed by atoms with Crippen LogP contribution in [0.5, 0.6) is 0 Å². The van der Waals surface area contributed by atoms with Crippen molar-refractivity contribution in [1.29, 1.82) is 0 Å². The van der Waals surface area contributed by atoms with Crippen LogP contribution in [0.4, 0.5) is 11.4 Å². The Morgan fingerprint density at radius 3 is 2.45 bits per heavy atom. The molecule has 1 aliphatic rings. The SMILES string of the molecule is CC(=O)N(C)c1cccc(-c2coc3cc(-c4ccc(N5CCN(C)CC5)cc4)cnc23)c1. The topological polar surface area (TPSA) is 52.8 Å². The van der Waals surface area contributed by atoms with E-state index in [0.717, 1.165) is 65.2 Å². The molecule has 1 amide bonds. The molecule has 168 valence electrons. The van der Waals surface area contributed by atoms with Gasteiger partial charge in [0.1, 0.15) is 11.8 Å². The number of furan rings is 1. The van der Waals surface area contributed by atoms with Crippen molar-refractivity contribution in [2.45, 2.75) is 6.92 Å². The lowest BCUT2D eigenvalue weighted by Gasteiger charge is -2.34. The first-order valence-corrected chi connectivity index (χ1v) is 11.3. The fourth-order valence-electron chi connectivity index (χ4n) is 4.27. The molecule has 2 aromatic heterocycles. The number of nitrogens with zero attached hydrogens (tertiary/aromatic N) is 4. The summed E-state index contributed by atoms with van der Waals surface area (Å²) in [5, 5.41) is 0. The molecule has 0 atom stereocenters. The number of anilines is 2. The number of fused-ring (bicyclic) bond motifs is 1. The third-order valence-corrected chi connectivity index (χ3v) is 6.50. The van der Waals surface area contributed by atoms with Crippen molar-refractivity contribution in [1.82, 2.24) is 9.88 Å². The van der Waals surface area contributed by atoms with E-state index < -0.39 is 0 Å². The van der Waals surface area contributed by atoms with Crippen LogP contribution in [0.2, 0.25) is 0 Å². The number of piperazine rings is 1. The number of carbonyl (C=O) groups excluding carboxylic acids is 1. The van der Waals surface area contributed by atoms with Crippen LogP contribution in [0, 0.1) is 0 Å². The molecule has 6 heteroatoms. The number of benzene rings is 2. The summed E-state index contributed by atoms with van der Waals surface area (Å²) in [6, 6.07) is 18.6. The largest absolute Gasteiger partial charge is 0.462 e. The van der Waals surface area contributed by atoms with Crippen LogP contribution in [0.25, 0.3) is 33.4 Å². The summed E-state index contributed by atoms with van der Waals surface area (Å²) >= 11 is 0. The summed E-state index contributed by atoms with van der Waals surface area (Å²) in [7, 11) is 3.94. The summed E-state index contributed by atoms with van der Waals surface area (Å²) < 4.78 is 5.89. The fraction of sp³-hybridized carbons (Fsp3) is 0.259. The van der Waals surface area contributed by atoms with Crippen molar-refractivity contribution in [3.63, 3.8) is 0 Å². The van der Waals surface area contributed by atoms with Crippen LogP contribution in [0.1, 0.15) is 6.92 Å². The summed E-state index contributed by atoms with van der Waals surface area (Å²) in [6.45, 7) is 5.86. The molecule has 1 fully saturated rings. The first-order chi connectivity index (χ1) is 16.0. The molecule has 4 aromatic rings. The summed E-state index contributed by atoms with van der Waals surface area (Å²) in [6.07, 6.45) is 3.64. The molecular formula is C27H28N4O2. The highest BCUT2D eigenvalue weighted by atomic mass is 16.3. The minimum atomic E-state index is -0.00869. The molecule has 1 saturated heterocycles. The normalized spacial score (nSPS) is 14.6. The highest BCUT2D eigenvalue weighted by Gasteiger charge is 2.15. The molecule has 1 aliphatic heterocycles. The number of carbonyl (C=O) groups is 1. The maximum absolute atomic E-state index is 11.7. The average Bonchev–Trinajstić information content (AvgIpc) is 3.27. The Balaban J connectivity index is 1.41. The second-order valence-corrected chi connectivity index (χ2v) is 8.69. The van der Waals surface area contributed by atoms with E-state index in [9.17, 15) is 4.79 Å². The van der Waals surface area contributed by atoms with Gasteiger partial charge in [0.25, 0.3) is 0 Å². The van der Waals surface area contributed by atoms with Crippen molar-refractivity contribution in [2.24, 2.45) is 0 Å². The number of pyridine rings is 1. The van der Waals surface area contributed by atoms with Gasteiger partial charge in [-0.2, -0.15) is 0 Å². The van der Waals surface area contributed by atoms with Crippen LogP contribution in [-0.2, 0) is 4.79 Å². The zero-order valence-electron chi connectivity index (χ0n) is 19.3. The van der Waals surface area contributed by atoms with Gasteiger partial charge in [0.15, 0.2) is 5.58 Å². The zero-order chi connectivity index (χ0) is 22.9. The van der Waals surface area contributed by atoms with Crippen LogP contribution in [0.3, 0.4) is 0 Å². The highest BCUT2D eigenvalue weighted by Crippen LogP contribution is 2.33. The highest BCUT2D eigenvalue weighted by molar-refractivity contribution is 5.95. The lowest BCUT2D eigenvalue weighted by Crippen LogP contribution is -2.44. The van der Waals surface area contributed by atoms with Crippen LogP contribution in [-0.4, -0.2) is 56.1 Å². The van der Waals surface area contributed by atoms with Crippen molar-refractivity contribution in [2.75, 3.05) is 50.1 Å². The zero-order valence-corrected chi connectivity index (χ0v) is 19.3. The minimum Gasteiger partial charge on any atom is -0.462 e. The molecule has 5 rings (SSSR count). The van der Waals surface area contributed by atoms with E-state index in [4.69, 9.17) is 9.40 Å². The van der Waals surface area contributed by atoms with Crippen molar-refractivity contribution < 1.29 is 9.21 Å². The molecule has 6 nitrogen and oxygen atoms in total. The van der Waals surface area contributed by atoms with E-state index in [1.54, 1.807) is 25.1 Å². The molecule has 0 aliphatic carbocycles. The van der Waals surface area contributed by atoms with Gasteiger partial charge in [-0.25, -0.2) is 0 Å². The van der Waals surface area contributed by atoms with Gasteiger partial charge in [-0.15, -0.1) is 0 Å². The molecule has 0 unspecified atom stereocenters. The van der Waals surface area contributed by atoms with Gasteiger partial charge in [-0.1, -0.05) is 24.3 Å². The maximum atomic E-state index is 11.7. The molecule has 0 N–H and O–H groups in total. The molecule has 0 spiro atoms. The average molecular weight is 441 g/mol. The Morgan fingerprint density at radius 2 is 1.73 bits per heavy atom. The van der Waals surface area contributed by atoms with Gasteiger partial charge in [0.05, 0.1) is 0 Å². The predicted octanol–water partition coefficient (Wildman–Crippen LogP) is 4.90. The molecule has 3 heterocycles. The fourth-order valence-corrected chi connectivity index (χ4v) is 4.27. The van der Waals surface area contributed by atoms with Crippen molar-refractivity contribution in [3.8, 4) is 22.3 Å². The molecule has 0 saturated carbocycles. The number of likely N-dealkylation sites (N-methyl/N-ethyl adjacent to an activating group) is 1. The molecule has 0 bridgehead atoms. The Hall–Kier alpha value is -3.64. The number of aromatic nitrogens is 1. The first-order valence-electron chi connectivity index (χ1n) is 11.3. The Morgan fingerprint density at radius 1 is 0.970 bits per heavy atom. The summed E-state index contributed by atoms with van der Waals surface area (Å²) in [5.41, 5.74) is 7.69. The predicted molar refractivity (Wildman–Crippen MR) is 134 cm³/mol. The molecule has 0 radical (unpaired) electrons. The van der Waals surface area contributed by atoms with E-state index in [1.807, 2.05) is 36.5 Å². The van der Waals surface area contributed by atoms with Gasteiger partial charge in [-0.3, -0.25) is 9.78 Å². The second-order valence-electron chi connectivity index (χ2n) is 8.69. The quantitative estimate of drug-likeness (QED) is 0.452. The van der Waals surface area contributed by atoms with Gasteiger partial charge in [-0.05, 0) is 48.5 Å². The van der Waals surface area contributed by atoms with E-state index in [-0.39, 0.29) is 5.91 Å². The number of rotatable bonds is 4. The van der Waals surface area contributed by atoms with Crippen molar-refractivity contribution >= 4 is 28.4 Å². The lowest BCUT2D eigenvalue weighted by atomic mass is 10.0. The van der Waals surface area contributed by atoms with E-state index in [2.05, 4.69) is 41.1 Å². The van der Waals surface area contributed by atoms with Crippen LogP contribution in [0.15, 0.2) is 71.5 Å². The second kappa shape index (κ2) is 8.71. The molecule has 2 aromatic carbocycles. The lowest BCUT2D eigenvalue weighted by molar-refractivity contribution is -0.116. The van der Waals surface area contributed by atoms with Gasteiger partial charge < -0.3 is 19.1 Å². The van der Waals surface area contributed by atoms with Gasteiger partial charge in [0.2, 0.25) is 5.91 Å². The number of amides is 1. The molecular weight excluding hydrogens is 412 g/mol.